The Labute approximate surface area is 338 Å². The number of aliphatic hydroxyl groups excluding tert-OH is 4. The quantitative estimate of drug-likeness (QED) is 0.0390. The van der Waals surface area contributed by atoms with Gasteiger partial charge in [-0.2, -0.15) is 11.8 Å². The van der Waals surface area contributed by atoms with E-state index in [-0.39, 0.29) is 42.3 Å². The van der Waals surface area contributed by atoms with Crippen molar-refractivity contribution in [3.05, 3.63) is 6.20 Å². The Kier molecular flexibility index (Phi) is 27.3. The molecule has 0 spiro atoms. The largest absolute Gasteiger partial charge is 0.462 e. The van der Waals surface area contributed by atoms with Crippen LogP contribution in [0.2, 0.25) is 0 Å². The van der Waals surface area contributed by atoms with Crippen LogP contribution in [0.25, 0.3) is 0 Å². The molecule has 0 aliphatic carbocycles. The van der Waals surface area contributed by atoms with E-state index in [4.69, 9.17) is 19.9 Å². The fourth-order valence-electron chi connectivity index (χ4n) is 6.51. The molecule has 1 aliphatic rings. The minimum atomic E-state index is -1.60. The van der Waals surface area contributed by atoms with Crippen molar-refractivity contribution < 1.29 is 49.0 Å². The minimum absolute atomic E-state index is 0.000474. The molecule has 0 aromatic carbocycles. The topological polar surface area (TPSA) is 229 Å². The van der Waals surface area contributed by atoms with Gasteiger partial charge in [0.2, 0.25) is 5.91 Å². The molecule has 1 amide bonds. The maximum absolute atomic E-state index is 12.9. The van der Waals surface area contributed by atoms with E-state index in [2.05, 4.69) is 29.5 Å². The number of thioether (sulfide) groups is 1. The monoisotopic (exact) mass is 816 g/mol. The van der Waals surface area contributed by atoms with Crippen LogP contribution in [0.1, 0.15) is 161 Å². The number of esters is 2. The molecule has 56 heavy (non-hydrogen) atoms. The van der Waals surface area contributed by atoms with E-state index in [1.165, 1.54) is 108 Å². The smallest absolute Gasteiger partial charge is 0.306 e. The van der Waals surface area contributed by atoms with Crippen LogP contribution in [0.3, 0.4) is 0 Å². The molecule has 0 saturated carbocycles. The normalized spacial score (nSPS) is 20.7. The molecule has 0 radical (unpaired) electrons. The standard InChI is InChI=1S/C40H73N5O10S/c1-3-5-7-9-11-13-15-17-19-21-23-34(47)53-27-30(54-35(48)24-22-20-18-16-14-12-10-8-6-4-2)28-56-29-31(41)39(52)42-33-25-45(44-43-33)40-38(51)37(50)36(49)32(26-46)55-40/h25,30-32,36-38,40,46,49-51H,3-24,26-29,41H2,1-2H3,(H,42,52)/t30-,31-,32?,36?,37?,38?,40?/m1/s1. The summed E-state index contributed by atoms with van der Waals surface area (Å²) >= 11 is 1.29. The van der Waals surface area contributed by atoms with Crippen LogP contribution in [0.15, 0.2) is 6.20 Å². The molecule has 324 valence electrons. The molecule has 1 saturated heterocycles. The number of anilines is 1. The Balaban J connectivity index is 1.79. The van der Waals surface area contributed by atoms with Crippen molar-refractivity contribution in [2.45, 2.75) is 198 Å². The number of rotatable bonds is 33. The maximum Gasteiger partial charge on any atom is 0.306 e. The number of nitrogens with zero attached hydrogens (tertiary/aromatic N) is 3. The van der Waals surface area contributed by atoms with Gasteiger partial charge in [0.15, 0.2) is 12.0 Å². The number of aliphatic hydroxyl groups is 4. The van der Waals surface area contributed by atoms with Gasteiger partial charge in [-0.1, -0.05) is 135 Å². The van der Waals surface area contributed by atoms with E-state index in [1.54, 1.807) is 0 Å². The SMILES string of the molecule is CCCCCCCCCCCCC(=O)OC[C@H](CSC[C@@H](N)C(=O)Nc1cn(C2OC(CO)C(O)C(O)C2O)nn1)OC(=O)CCCCCCCCCCCC. The summed E-state index contributed by atoms with van der Waals surface area (Å²) in [5, 5.41) is 50.1. The van der Waals surface area contributed by atoms with Gasteiger partial charge in [0, 0.05) is 24.3 Å². The first-order valence-corrected chi connectivity index (χ1v) is 22.5. The van der Waals surface area contributed by atoms with Crippen LogP contribution in [0, 0.1) is 0 Å². The molecule has 1 aromatic heterocycles. The summed E-state index contributed by atoms with van der Waals surface area (Å²) in [6, 6.07) is -0.987. The number of hydrogen-bond acceptors (Lipinski definition) is 14. The zero-order chi connectivity index (χ0) is 41.0. The van der Waals surface area contributed by atoms with Gasteiger partial charge >= 0.3 is 11.9 Å². The van der Waals surface area contributed by atoms with E-state index < -0.39 is 55.3 Å². The molecule has 7 N–H and O–H groups in total. The third kappa shape index (κ3) is 20.9. The summed E-state index contributed by atoms with van der Waals surface area (Å²) in [6.45, 7) is 3.76. The fraction of sp³-hybridized carbons (Fsp3) is 0.875. The number of carbonyl (C=O) groups excluding carboxylic acids is 3. The zero-order valence-electron chi connectivity index (χ0n) is 34.1. The summed E-state index contributed by atoms with van der Waals surface area (Å²) in [6.07, 6.45) is 17.3. The van der Waals surface area contributed by atoms with Crippen LogP contribution >= 0.6 is 11.8 Å². The predicted molar refractivity (Wildman–Crippen MR) is 217 cm³/mol. The van der Waals surface area contributed by atoms with Crippen LogP contribution in [-0.4, -0.2) is 115 Å². The van der Waals surface area contributed by atoms with Crippen LogP contribution in [0.5, 0.6) is 0 Å². The third-order valence-electron chi connectivity index (χ3n) is 10.0. The predicted octanol–water partition coefficient (Wildman–Crippen LogP) is 5.33. The van der Waals surface area contributed by atoms with Crippen LogP contribution in [-0.2, 0) is 28.6 Å². The molecule has 2 heterocycles. The van der Waals surface area contributed by atoms with Gasteiger partial charge in [0.25, 0.3) is 0 Å². The van der Waals surface area contributed by atoms with Crippen molar-refractivity contribution in [2.24, 2.45) is 5.73 Å². The van der Waals surface area contributed by atoms with E-state index >= 15 is 0 Å². The average Bonchev–Trinajstić information content (AvgIpc) is 3.65. The van der Waals surface area contributed by atoms with Gasteiger partial charge < -0.3 is 45.7 Å². The number of unbranched alkanes of at least 4 members (excludes halogenated alkanes) is 18. The van der Waals surface area contributed by atoms with Crippen molar-refractivity contribution in [2.75, 3.05) is 30.0 Å². The summed E-state index contributed by atoms with van der Waals surface area (Å²) in [5.41, 5.74) is 6.15. The van der Waals surface area contributed by atoms with Gasteiger partial charge in [-0.25, -0.2) is 4.68 Å². The Morgan fingerprint density at radius 1 is 0.786 bits per heavy atom. The zero-order valence-corrected chi connectivity index (χ0v) is 34.9. The Morgan fingerprint density at radius 2 is 1.30 bits per heavy atom. The first-order chi connectivity index (χ1) is 27.1. The van der Waals surface area contributed by atoms with Crippen molar-refractivity contribution >= 4 is 35.4 Å². The molecular weight excluding hydrogens is 743 g/mol. The molecule has 2 rings (SSSR count). The molecule has 1 aliphatic heterocycles. The third-order valence-corrected chi connectivity index (χ3v) is 11.2. The highest BCUT2D eigenvalue weighted by atomic mass is 32.2. The lowest BCUT2D eigenvalue weighted by Crippen LogP contribution is -2.56. The minimum Gasteiger partial charge on any atom is -0.462 e. The lowest BCUT2D eigenvalue weighted by molar-refractivity contribution is -0.254. The van der Waals surface area contributed by atoms with Gasteiger partial charge in [-0.3, -0.25) is 14.4 Å². The highest BCUT2D eigenvalue weighted by Gasteiger charge is 2.44. The molecule has 15 nitrogen and oxygen atoms in total. The number of aromatic nitrogens is 3. The van der Waals surface area contributed by atoms with E-state index in [0.717, 1.165) is 43.2 Å². The van der Waals surface area contributed by atoms with Crippen molar-refractivity contribution in [1.29, 1.82) is 0 Å². The first kappa shape index (κ1) is 49.8. The summed E-state index contributed by atoms with van der Waals surface area (Å²) < 4.78 is 17.8. The van der Waals surface area contributed by atoms with Gasteiger partial charge in [0.05, 0.1) is 18.8 Å². The molecule has 1 fully saturated rings. The number of carbonyl (C=O) groups is 3. The molecule has 1 aromatic rings. The highest BCUT2D eigenvalue weighted by molar-refractivity contribution is 7.99. The van der Waals surface area contributed by atoms with E-state index in [1.807, 2.05) is 0 Å². The molecular formula is C40H73N5O10S. The van der Waals surface area contributed by atoms with Crippen LogP contribution in [0.4, 0.5) is 5.82 Å². The Hall–Kier alpha value is -2.34. The highest BCUT2D eigenvalue weighted by Crippen LogP contribution is 2.28. The van der Waals surface area contributed by atoms with Crippen molar-refractivity contribution in [3.63, 3.8) is 0 Å². The molecule has 5 unspecified atom stereocenters. The van der Waals surface area contributed by atoms with E-state index in [9.17, 15) is 34.8 Å². The second-order valence-corrected chi connectivity index (χ2v) is 16.2. The number of ether oxygens (including phenoxy) is 3. The van der Waals surface area contributed by atoms with Crippen molar-refractivity contribution in [3.8, 4) is 0 Å². The van der Waals surface area contributed by atoms with Gasteiger partial charge in [-0.15, -0.1) is 5.10 Å². The van der Waals surface area contributed by atoms with Gasteiger partial charge in [0.1, 0.15) is 37.1 Å². The van der Waals surface area contributed by atoms with Crippen LogP contribution < -0.4 is 11.1 Å². The molecule has 0 bridgehead atoms. The van der Waals surface area contributed by atoms with Crippen molar-refractivity contribution in [1.82, 2.24) is 15.0 Å². The number of amides is 1. The lowest BCUT2D eigenvalue weighted by atomic mass is 9.98. The molecule has 16 heteroatoms. The second-order valence-electron chi connectivity index (χ2n) is 15.1. The summed E-state index contributed by atoms with van der Waals surface area (Å²) in [5.74, 6) is -0.810. The maximum atomic E-state index is 12.9. The number of hydrogen-bond donors (Lipinski definition) is 6. The Bertz CT molecular complexity index is 1190. The fourth-order valence-corrected chi connectivity index (χ4v) is 7.48. The first-order valence-electron chi connectivity index (χ1n) is 21.3. The molecule has 7 atom stereocenters. The Morgan fingerprint density at radius 3 is 1.84 bits per heavy atom. The summed E-state index contributed by atoms with van der Waals surface area (Å²) in [7, 11) is 0. The number of nitrogens with one attached hydrogen (secondary N) is 1. The summed E-state index contributed by atoms with van der Waals surface area (Å²) in [4.78, 5) is 38.2. The van der Waals surface area contributed by atoms with E-state index in [0.29, 0.717) is 6.42 Å². The average molecular weight is 816 g/mol. The second kappa shape index (κ2) is 30.7. The van der Waals surface area contributed by atoms with Gasteiger partial charge in [-0.05, 0) is 12.8 Å². The lowest BCUT2D eigenvalue weighted by Gasteiger charge is -2.39. The number of nitrogens with two attached hydrogens (primary N) is 1.